The molecule has 6 heteroatoms. The first kappa shape index (κ1) is 12.4. The monoisotopic (exact) mass is 249 g/mol. The van der Waals surface area contributed by atoms with Crippen LogP contribution in [0, 0.1) is 6.92 Å². The van der Waals surface area contributed by atoms with Crippen LogP contribution in [0.2, 0.25) is 5.02 Å². The maximum atomic E-state index is 11.6. The maximum Gasteiger partial charge on any atom is 0.263 e. The average molecular weight is 250 g/mol. The fraction of sp³-hybridized carbons (Fsp3) is 0.333. The van der Waals surface area contributed by atoms with Crippen LogP contribution in [0.4, 0.5) is 0 Å². The third kappa shape index (κ3) is 3.17. The van der Waals surface area contributed by atoms with Gasteiger partial charge in [0.05, 0.1) is 11.6 Å². The summed E-state index contributed by atoms with van der Waals surface area (Å²) in [5.41, 5.74) is 0.898. The van der Waals surface area contributed by atoms with E-state index in [-0.39, 0.29) is 16.5 Å². The van der Waals surface area contributed by atoms with Crippen LogP contribution in [0.25, 0.3) is 0 Å². The SMILES string of the molecule is CCONS(=O)(=O)c1ccc(C)cc1Cl. The molecule has 0 aliphatic rings. The van der Waals surface area contributed by atoms with E-state index in [0.29, 0.717) is 0 Å². The summed E-state index contributed by atoms with van der Waals surface area (Å²) >= 11 is 5.82. The van der Waals surface area contributed by atoms with Crippen LogP contribution in [-0.4, -0.2) is 15.0 Å². The summed E-state index contributed by atoms with van der Waals surface area (Å²) in [7, 11) is -3.67. The van der Waals surface area contributed by atoms with Gasteiger partial charge in [-0.1, -0.05) is 22.6 Å². The molecule has 0 aromatic heterocycles. The Kier molecular flexibility index (Phi) is 4.10. The van der Waals surface area contributed by atoms with E-state index in [4.69, 9.17) is 11.6 Å². The maximum absolute atomic E-state index is 11.6. The van der Waals surface area contributed by atoms with Crippen molar-refractivity contribution < 1.29 is 13.3 Å². The molecule has 1 aromatic carbocycles. The molecule has 4 nitrogen and oxygen atoms in total. The van der Waals surface area contributed by atoms with Gasteiger partial charge in [0, 0.05) is 0 Å². The predicted octanol–water partition coefficient (Wildman–Crippen LogP) is 1.88. The highest BCUT2D eigenvalue weighted by atomic mass is 35.5. The summed E-state index contributed by atoms with van der Waals surface area (Å²) in [6.45, 7) is 3.76. The molecule has 0 aliphatic carbocycles. The molecule has 84 valence electrons. The highest BCUT2D eigenvalue weighted by Gasteiger charge is 2.17. The van der Waals surface area contributed by atoms with E-state index in [0.717, 1.165) is 5.56 Å². The number of benzene rings is 1. The predicted molar refractivity (Wildman–Crippen MR) is 58.1 cm³/mol. The van der Waals surface area contributed by atoms with Crippen molar-refractivity contribution in [2.45, 2.75) is 18.7 Å². The fourth-order valence-electron chi connectivity index (χ4n) is 1.01. The smallest absolute Gasteiger partial charge is 0.263 e. The van der Waals surface area contributed by atoms with Crippen molar-refractivity contribution in [3.8, 4) is 0 Å². The molecule has 0 atom stereocenters. The highest BCUT2D eigenvalue weighted by Crippen LogP contribution is 2.21. The lowest BCUT2D eigenvalue weighted by molar-refractivity contribution is 0.105. The lowest BCUT2D eigenvalue weighted by Gasteiger charge is -2.07. The summed E-state index contributed by atoms with van der Waals surface area (Å²) in [5, 5.41) is 0.183. The molecule has 0 bridgehead atoms. The molecule has 0 fully saturated rings. The van der Waals surface area contributed by atoms with Crippen molar-refractivity contribution in [1.82, 2.24) is 4.89 Å². The molecule has 1 N–H and O–H groups in total. The summed E-state index contributed by atoms with van der Waals surface area (Å²) in [6.07, 6.45) is 0. The number of hydrogen-bond donors (Lipinski definition) is 1. The Bertz CT molecular complexity index is 445. The molecule has 0 amide bonds. The number of rotatable bonds is 4. The van der Waals surface area contributed by atoms with Gasteiger partial charge in [-0.05, 0) is 31.5 Å². The zero-order chi connectivity index (χ0) is 11.5. The van der Waals surface area contributed by atoms with Crippen LogP contribution in [0.1, 0.15) is 12.5 Å². The van der Waals surface area contributed by atoms with E-state index in [1.54, 1.807) is 19.1 Å². The van der Waals surface area contributed by atoms with E-state index in [2.05, 4.69) is 4.84 Å². The van der Waals surface area contributed by atoms with E-state index >= 15 is 0 Å². The van der Waals surface area contributed by atoms with Gasteiger partial charge in [0.25, 0.3) is 10.0 Å². The van der Waals surface area contributed by atoms with E-state index in [1.807, 2.05) is 11.8 Å². The molecule has 1 aromatic rings. The van der Waals surface area contributed by atoms with Gasteiger partial charge < -0.3 is 0 Å². The first-order valence-corrected chi connectivity index (χ1v) is 6.23. The Morgan fingerprint density at radius 2 is 2.13 bits per heavy atom. The summed E-state index contributed by atoms with van der Waals surface area (Å²) in [4.78, 5) is 6.63. The quantitative estimate of drug-likeness (QED) is 0.829. The van der Waals surface area contributed by atoms with Crippen molar-refractivity contribution in [3.05, 3.63) is 28.8 Å². The van der Waals surface area contributed by atoms with Crippen molar-refractivity contribution in [1.29, 1.82) is 0 Å². The number of sulfonamides is 1. The Hall–Kier alpha value is -0.620. The highest BCUT2D eigenvalue weighted by molar-refractivity contribution is 7.89. The first-order chi connectivity index (χ1) is 6.97. The molecule has 0 radical (unpaired) electrons. The molecule has 1 rings (SSSR count). The molecule has 0 heterocycles. The Morgan fingerprint density at radius 3 is 2.67 bits per heavy atom. The standard InChI is InChI=1S/C9H12ClNO3S/c1-3-14-11-15(12,13)9-5-4-7(2)6-8(9)10/h4-6,11H,3H2,1-2H3. The van der Waals surface area contributed by atoms with Gasteiger partial charge in [0.15, 0.2) is 0 Å². The first-order valence-electron chi connectivity index (χ1n) is 4.37. The Morgan fingerprint density at radius 1 is 1.47 bits per heavy atom. The molecule has 0 aliphatic heterocycles. The molecular weight excluding hydrogens is 238 g/mol. The van der Waals surface area contributed by atoms with Gasteiger partial charge in [-0.25, -0.2) is 8.42 Å². The van der Waals surface area contributed by atoms with Crippen molar-refractivity contribution in [3.63, 3.8) is 0 Å². The van der Waals surface area contributed by atoms with Crippen molar-refractivity contribution in [2.24, 2.45) is 0 Å². The van der Waals surface area contributed by atoms with Crippen LogP contribution in [0.3, 0.4) is 0 Å². The zero-order valence-corrected chi connectivity index (χ0v) is 10.0. The molecule has 0 saturated carbocycles. The van der Waals surface area contributed by atoms with Gasteiger partial charge >= 0.3 is 0 Å². The number of hydrogen-bond acceptors (Lipinski definition) is 3. The number of aryl methyl sites for hydroxylation is 1. The Balaban J connectivity index is 3.05. The molecule has 0 unspecified atom stereocenters. The molecular formula is C9H12ClNO3S. The van der Waals surface area contributed by atoms with E-state index in [9.17, 15) is 8.42 Å². The second-order valence-corrected chi connectivity index (χ2v) is 4.97. The van der Waals surface area contributed by atoms with Crippen LogP contribution in [0.5, 0.6) is 0 Å². The number of nitrogens with one attached hydrogen (secondary N) is 1. The van der Waals surface area contributed by atoms with E-state index in [1.165, 1.54) is 6.07 Å². The summed E-state index contributed by atoms with van der Waals surface area (Å²) < 4.78 is 23.2. The topological polar surface area (TPSA) is 55.4 Å². The minimum atomic E-state index is -3.67. The van der Waals surface area contributed by atoms with Gasteiger partial charge in [0.2, 0.25) is 0 Å². The van der Waals surface area contributed by atoms with Crippen LogP contribution < -0.4 is 4.89 Å². The van der Waals surface area contributed by atoms with Gasteiger partial charge in [0.1, 0.15) is 4.90 Å². The third-order valence-corrected chi connectivity index (χ3v) is 3.39. The molecule has 0 saturated heterocycles. The second kappa shape index (κ2) is 4.94. The van der Waals surface area contributed by atoms with Crippen LogP contribution in [0.15, 0.2) is 23.1 Å². The average Bonchev–Trinajstić information content (AvgIpc) is 2.14. The molecule has 0 spiro atoms. The number of halogens is 1. The zero-order valence-electron chi connectivity index (χ0n) is 8.45. The van der Waals surface area contributed by atoms with Gasteiger partial charge in [-0.15, -0.1) is 0 Å². The lowest BCUT2D eigenvalue weighted by Crippen LogP contribution is -2.24. The third-order valence-electron chi connectivity index (χ3n) is 1.69. The second-order valence-electron chi connectivity index (χ2n) is 2.95. The van der Waals surface area contributed by atoms with Crippen molar-refractivity contribution >= 4 is 21.6 Å². The van der Waals surface area contributed by atoms with Gasteiger partial charge in [-0.3, -0.25) is 4.84 Å². The van der Waals surface area contributed by atoms with Crippen molar-refractivity contribution in [2.75, 3.05) is 6.61 Å². The normalized spacial score (nSPS) is 11.7. The van der Waals surface area contributed by atoms with Crippen LogP contribution >= 0.6 is 11.6 Å². The summed E-state index contributed by atoms with van der Waals surface area (Å²) in [6, 6.07) is 4.70. The minimum absolute atomic E-state index is 0.0169. The van der Waals surface area contributed by atoms with Gasteiger partial charge in [-0.2, -0.15) is 0 Å². The largest absolute Gasteiger partial charge is 0.287 e. The molecule has 15 heavy (non-hydrogen) atoms. The minimum Gasteiger partial charge on any atom is -0.287 e. The lowest BCUT2D eigenvalue weighted by atomic mass is 10.2. The Labute approximate surface area is 94.2 Å². The fourth-order valence-corrected chi connectivity index (χ4v) is 2.47. The van der Waals surface area contributed by atoms with Crippen LogP contribution in [-0.2, 0) is 14.9 Å². The summed E-state index contributed by atoms with van der Waals surface area (Å²) in [5.74, 6) is 0. The van der Waals surface area contributed by atoms with E-state index < -0.39 is 10.0 Å².